The Hall–Kier alpha value is -4.46. The number of ether oxygens (including phenoxy) is 2. The smallest absolute Gasteiger partial charge is 0.337 e. The molecule has 0 saturated carbocycles. The molecular weight excluding hydrogens is 460 g/mol. The van der Waals surface area contributed by atoms with Crippen LogP contribution in [0.3, 0.4) is 0 Å². The van der Waals surface area contributed by atoms with E-state index in [0.717, 1.165) is 5.56 Å². The zero-order chi connectivity index (χ0) is 25.8. The fourth-order valence-corrected chi connectivity index (χ4v) is 4.12. The lowest BCUT2D eigenvalue weighted by atomic mass is 9.94. The zero-order valence-electron chi connectivity index (χ0n) is 20.2. The molecule has 0 radical (unpaired) electrons. The Kier molecular flexibility index (Phi) is 7.15. The average molecular weight is 487 g/mol. The lowest BCUT2D eigenvalue weighted by Crippen LogP contribution is -2.29. The molecule has 1 aromatic heterocycles. The van der Waals surface area contributed by atoms with Gasteiger partial charge in [-0.3, -0.25) is 14.6 Å². The number of Topliss-reactive ketones (excluding diaryl/α,β-unsaturated/α-hetero) is 1. The minimum absolute atomic E-state index is 0.0183. The van der Waals surface area contributed by atoms with Gasteiger partial charge in [0.25, 0.3) is 11.7 Å². The topological polar surface area (TPSA) is 106 Å². The standard InChI is InChI=1S/C28H26N2O6/c1-17(2)36-22-12-10-20(11-13-22)25(31)23-24(19-6-8-21(9-7-19)28(34)35-3)30(27(33)26(23)32)16-18-5-4-14-29-15-18/h4-15,17,24,31H,16H2,1-3H3/t24-/m0/s1. The first kappa shape index (κ1) is 24.7. The number of aliphatic hydroxyl groups excluding tert-OH is 1. The van der Waals surface area contributed by atoms with E-state index in [0.29, 0.717) is 22.4 Å². The van der Waals surface area contributed by atoms with Crippen molar-refractivity contribution in [1.82, 2.24) is 9.88 Å². The molecule has 0 unspecified atom stereocenters. The van der Waals surface area contributed by atoms with Gasteiger partial charge in [0.2, 0.25) is 0 Å². The minimum atomic E-state index is -0.872. The summed E-state index contributed by atoms with van der Waals surface area (Å²) in [4.78, 5) is 43.8. The van der Waals surface area contributed by atoms with E-state index in [-0.39, 0.29) is 24.0 Å². The number of aliphatic hydroxyl groups is 1. The number of carbonyl (C=O) groups excluding carboxylic acids is 3. The van der Waals surface area contributed by atoms with Crippen molar-refractivity contribution in [2.24, 2.45) is 0 Å². The molecule has 1 aliphatic heterocycles. The van der Waals surface area contributed by atoms with Gasteiger partial charge in [0.05, 0.1) is 30.4 Å². The number of hydrogen-bond acceptors (Lipinski definition) is 7. The molecule has 1 fully saturated rings. The maximum absolute atomic E-state index is 13.2. The summed E-state index contributed by atoms with van der Waals surface area (Å²) in [6.45, 7) is 3.92. The number of carbonyl (C=O) groups is 3. The molecule has 2 aromatic carbocycles. The molecule has 1 aliphatic rings. The minimum Gasteiger partial charge on any atom is -0.507 e. The second-order valence-electron chi connectivity index (χ2n) is 8.59. The predicted octanol–water partition coefficient (Wildman–Crippen LogP) is 4.28. The van der Waals surface area contributed by atoms with Crippen LogP contribution in [-0.2, 0) is 20.9 Å². The molecule has 0 bridgehead atoms. The number of aromatic nitrogens is 1. The van der Waals surface area contributed by atoms with E-state index in [2.05, 4.69) is 4.98 Å². The van der Waals surface area contributed by atoms with Crippen LogP contribution in [0, 0.1) is 0 Å². The van der Waals surface area contributed by atoms with Gasteiger partial charge in [0.1, 0.15) is 11.5 Å². The maximum atomic E-state index is 13.2. The molecular formula is C28H26N2O6. The number of nitrogens with zero attached hydrogens (tertiary/aromatic N) is 2. The van der Waals surface area contributed by atoms with Crippen LogP contribution in [0.25, 0.3) is 5.76 Å². The van der Waals surface area contributed by atoms with Crippen molar-refractivity contribution < 1.29 is 29.0 Å². The summed E-state index contributed by atoms with van der Waals surface area (Å²) in [7, 11) is 1.29. The number of benzene rings is 2. The summed E-state index contributed by atoms with van der Waals surface area (Å²) < 4.78 is 10.4. The Morgan fingerprint density at radius 1 is 1.03 bits per heavy atom. The number of pyridine rings is 1. The summed E-state index contributed by atoms with van der Waals surface area (Å²) in [5.41, 5.74) is 1.96. The molecule has 8 heteroatoms. The quantitative estimate of drug-likeness (QED) is 0.230. The lowest BCUT2D eigenvalue weighted by Gasteiger charge is -2.25. The van der Waals surface area contributed by atoms with Crippen LogP contribution in [0.2, 0.25) is 0 Å². The van der Waals surface area contributed by atoms with E-state index >= 15 is 0 Å². The molecule has 1 N–H and O–H groups in total. The first-order chi connectivity index (χ1) is 17.3. The maximum Gasteiger partial charge on any atom is 0.337 e. The molecule has 2 heterocycles. The Labute approximate surface area is 208 Å². The van der Waals surface area contributed by atoms with Crippen LogP contribution in [0.4, 0.5) is 0 Å². The van der Waals surface area contributed by atoms with Gasteiger partial charge < -0.3 is 19.5 Å². The fraction of sp³-hybridized carbons (Fsp3) is 0.214. The van der Waals surface area contributed by atoms with E-state index in [9.17, 15) is 19.5 Å². The molecule has 0 spiro atoms. The summed E-state index contributed by atoms with van der Waals surface area (Å²) in [5, 5.41) is 11.2. The third-order valence-corrected chi connectivity index (χ3v) is 5.76. The number of esters is 1. The van der Waals surface area contributed by atoms with Gasteiger partial charge in [0, 0.05) is 24.5 Å². The third kappa shape index (κ3) is 4.98. The van der Waals surface area contributed by atoms with Crippen LogP contribution in [-0.4, -0.2) is 45.9 Å². The highest BCUT2D eigenvalue weighted by atomic mass is 16.5. The molecule has 1 amide bonds. The van der Waals surface area contributed by atoms with Gasteiger partial charge in [-0.1, -0.05) is 18.2 Å². The van der Waals surface area contributed by atoms with Crippen molar-refractivity contribution >= 4 is 23.4 Å². The van der Waals surface area contributed by atoms with Crippen LogP contribution >= 0.6 is 0 Å². The van der Waals surface area contributed by atoms with Crippen LogP contribution < -0.4 is 4.74 Å². The fourth-order valence-electron chi connectivity index (χ4n) is 4.12. The third-order valence-electron chi connectivity index (χ3n) is 5.76. The van der Waals surface area contributed by atoms with Gasteiger partial charge in [0.15, 0.2) is 0 Å². The van der Waals surface area contributed by atoms with Crippen LogP contribution in [0.5, 0.6) is 5.75 Å². The van der Waals surface area contributed by atoms with Gasteiger partial charge in [-0.25, -0.2) is 4.79 Å². The molecule has 184 valence electrons. The summed E-state index contributed by atoms with van der Waals surface area (Å²) in [5.74, 6) is -1.70. The van der Waals surface area contributed by atoms with E-state index in [1.807, 2.05) is 13.8 Å². The van der Waals surface area contributed by atoms with Gasteiger partial charge in [-0.15, -0.1) is 0 Å². The van der Waals surface area contributed by atoms with Crippen LogP contribution in [0.15, 0.2) is 78.6 Å². The predicted molar refractivity (Wildman–Crippen MR) is 132 cm³/mol. The molecule has 8 nitrogen and oxygen atoms in total. The molecule has 1 atom stereocenters. The van der Waals surface area contributed by atoms with E-state index in [4.69, 9.17) is 9.47 Å². The van der Waals surface area contributed by atoms with Crippen molar-refractivity contribution in [1.29, 1.82) is 0 Å². The van der Waals surface area contributed by atoms with Crippen molar-refractivity contribution in [3.63, 3.8) is 0 Å². The van der Waals surface area contributed by atoms with E-state index in [1.54, 1.807) is 73.1 Å². The number of likely N-dealkylation sites (tertiary alicyclic amines) is 1. The highest BCUT2D eigenvalue weighted by molar-refractivity contribution is 6.46. The second kappa shape index (κ2) is 10.4. The molecule has 1 saturated heterocycles. The molecule has 3 aromatic rings. The Morgan fingerprint density at radius 3 is 2.28 bits per heavy atom. The number of ketones is 1. The lowest BCUT2D eigenvalue weighted by molar-refractivity contribution is -0.140. The zero-order valence-corrected chi connectivity index (χ0v) is 20.2. The molecule has 0 aliphatic carbocycles. The Balaban J connectivity index is 1.80. The first-order valence-electron chi connectivity index (χ1n) is 11.4. The largest absolute Gasteiger partial charge is 0.507 e. The van der Waals surface area contributed by atoms with Gasteiger partial charge in [-0.2, -0.15) is 0 Å². The van der Waals surface area contributed by atoms with Gasteiger partial charge in [-0.05, 0) is 67.4 Å². The van der Waals surface area contributed by atoms with Gasteiger partial charge >= 0.3 is 5.97 Å². The highest BCUT2D eigenvalue weighted by Crippen LogP contribution is 2.40. The van der Waals surface area contributed by atoms with Crippen molar-refractivity contribution in [2.45, 2.75) is 32.5 Å². The Morgan fingerprint density at radius 2 is 1.69 bits per heavy atom. The second-order valence-corrected chi connectivity index (χ2v) is 8.59. The number of rotatable bonds is 7. The van der Waals surface area contributed by atoms with Crippen molar-refractivity contribution in [2.75, 3.05) is 7.11 Å². The van der Waals surface area contributed by atoms with E-state index in [1.165, 1.54) is 12.0 Å². The van der Waals surface area contributed by atoms with Crippen molar-refractivity contribution in [3.8, 4) is 5.75 Å². The normalized spacial score (nSPS) is 16.9. The molecule has 36 heavy (non-hydrogen) atoms. The summed E-state index contributed by atoms with van der Waals surface area (Å²) in [6.07, 6.45) is 3.22. The number of hydrogen-bond donors (Lipinski definition) is 1. The SMILES string of the molecule is COC(=O)c1ccc([C@H]2C(=C(O)c3ccc(OC(C)C)cc3)C(=O)C(=O)N2Cc2cccnc2)cc1. The summed E-state index contributed by atoms with van der Waals surface area (Å²) in [6, 6.07) is 15.7. The first-order valence-corrected chi connectivity index (χ1v) is 11.4. The van der Waals surface area contributed by atoms with Crippen LogP contribution in [0.1, 0.15) is 46.9 Å². The number of amides is 1. The average Bonchev–Trinajstić information content (AvgIpc) is 3.13. The molecule has 4 rings (SSSR count). The Bertz CT molecular complexity index is 1300. The number of methoxy groups -OCH3 is 1. The van der Waals surface area contributed by atoms with Crippen molar-refractivity contribution in [3.05, 3.63) is 101 Å². The monoisotopic (exact) mass is 486 g/mol. The van der Waals surface area contributed by atoms with E-state index < -0.39 is 23.7 Å². The highest BCUT2D eigenvalue weighted by Gasteiger charge is 2.46. The summed E-state index contributed by atoms with van der Waals surface area (Å²) >= 11 is 0.